The van der Waals surface area contributed by atoms with Crippen LogP contribution in [-0.2, 0) is 11.3 Å². The molecular formula is C15H19NO. The van der Waals surface area contributed by atoms with Gasteiger partial charge in [0.15, 0.2) is 0 Å². The fourth-order valence-electron chi connectivity index (χ4n) is 2.42. The Labute approximate surface area is 103 Å². The Balaban J connectivity index is 1.83. The van der Waals surface area contributed by atoms with E-state index >= 15 is 0 Å². The molecule has 2 nitrogen and oxygen atoms in total. The Hall–Kier alpha value is -1.33. The van der Waals surface area contributed by atoms with Crippen molar-refractivity contribution in [2.75, 3.05) is 0 Å². The molecule has 1 aliphatic carbocycles. The molecule has 1 fully saturated rings. The van der Waals surface area contributed by atoms with Crippen LogP contribution in [-0.4, -0.2) is 6.10 Å². The minimum atomic E-state index is 0.425. The highest BCUT2D eigenvalue weighted by atomic mass is 16.5. The minimum Gasteiger partial charge on any atom is -0.374 e. The van der Waals surface area contributed by atoms with Crippen LogP contribution in [0.15, 0.2) is 24.3 Å². The maximum atomic E-state index is 8.71. The van der Waals surface area contributed by atoms with Crippen molar-refractivity contribution in [1.82, 2.24) is 0 Å². The SMILES string of the molecule is CC1CCCC(OCc2ccc(C#N)cc2)C1. The Morgan fingerprint density at radius 3 is 2.71 bits per heavy atom. The molecule has 2 heteroatoms. The zero-order valence-electron chi connectivity index (χ0n) is 10.4. The van der Waals surface area contributed by atoms with Gasteiger partial charge >= 0.3 is 0 Å². The molecular weight excluding hydrogens is 210 g/mol. The maximum Gasteiger partial charge on any atom is 0.0991 e. The van der Waals surface area contributed by atoms with Gasteiger partial charge in [0.05, 0.1) is 24.3 Å². The lowest BCUT2D eigenvalue weighted by atomic mass is 9.89. The van der Waals surface area contributed by atoms with Gasteiger partial charge < -0.3 is 4.74 Å². The molecule has 0 radical (unpaired) electrons. The van der Waals surface area contributed by atoms with Crippen molar-refractivity contribution in [3.05, 3.63) is 35.4 Å². The van der Waals surface area contributed by atoms with Gasteiger partial charge in [-0.15, -0.1) is 0 Å². The molecule has 0 amide bonds. The van der Waals surface area contributed by atoms with Gasteiger partial charge in [0.2, 0.25) is 0 Å². The maximum absolute atomic E-state index is 8.71. The van der Waals surface area contributed by atoms with Crippen molar-refractivity contribution in [2.24, 2.45) is 5.92 Å². The highest BCUT2D eigenvalue weighted by molar-refractivity contribution is 5.31. The first-order valence-corrected chi connectivity index (χ1v) is 6.38. The van der Waals surface area contributed by atoms with E-state index in [2.05, 4.69) is 13.0 Å². The minimum absolute atomic E-state index is 0.425. The quantitative estimate of drug-likeness (QED) is 0.792. The van der Waals surface area contributed by atoms with Crippen LogP contribution in [0.5, 0.6) is 0 Å². The Morgan fingerprint density at radius 2 is 2.06 bits per heavy atom. The normalized spacial score (nSPS) is 24.2. The standard InChI is InChI=1S/C15H19NO/c1-12-3-2-4-15(9-12)17-11-14-7-5-13(10-16)6-8-14/h5-8,12,15H,2-4,9,11H2,1H3. The number of hydrogen-bond donors (Lipinski definition) is 0. The van der Waals surface area contributed by atoms with Crippen LogP contribution < -0.4 is 0 Å². The lowest BCUT2D eigenvalue weighted by molar-refractivity contribution is 0.00467. The summed E-state index contributed by atoms with van der Waals surface area (Å²) in [6, 6.07) is 9.78. The molecule has 1 aromatic carbocycles. The van der Waals surface area contributed by atoms with E-state index in [9.17, 15) is 0 Å². The summed E-state index contributed by atoms with van der Waals surface area (Å²) in [5.41, 5.74) is 1.86. The molecule has 1 aromatic rings. The third-order valence-corrected chi connectivity index (χ3v) is 3.46. The van der Waals surface area contributed by atoms with Gasteiger partial charge in [0.25, 0.3) is 0 Å². The first-order chi connectivity index (χ1) is 8.28. The fraction of sp³-hybridized carbons (Fsp3) is 0.533. The topological polar surface area (TPSA) is 33.0 Å². The van der Waals surface area contributed by atoms with Crippen LogP contribution in [0.4, 0.5) is 0 Å². The van der Waals surface area contributed by atoms with Crippen molar-refractivity contribution in [3.8, 4) is 6.07 Å². The summed E-state index contributed by atoms with van der Waals surface area (Å²) in [5, 5.41) is 8.71. The van der Waals surface area contributed by atoms with E-state index in [1.165, 1.54) is 25.7 Å². The van der Waals surface area contributed by atoms with E-state index in [-0.39, 0.29) is 0 Å². The van der Waals surface area contributed by atoms with E-state index in [1.54, 1.807) is 0 Å². The summed E-state index contributed by atoms with van der Waals surface area (Å²) < 4.78 is 5.93. The van der Waals surface area contributed by atoms with E-state index in [0.717, 1.165) is 11.5 Å². The van der Waals surface area contributed by atoms with Gasteiger partial charge in [0, 0.05) is 0 Å². The molecule has 0 N–H and O–H groups in total. The van der Waals surface area contributed by atoms with Gasteiger partial charge in [-0.1, -0.05) is 31.9 Å². The molecule has 1 aliphatic rings. The van der Waals surface area contributed by atoms with Crippen LogP contribution in [0, 0.1) is 17.2 Å². The summed E-state index contributed by atoms with van der Waals surface area (Å²) in [6.07, 6.45) is 5.45. The Bertz CT molecular complexity index is 390. The van der Waals surface area contributed by atoms with Gasteiger partial charge in [-0.2, -0.15) is 5.26 Å². The Morgan fingerprint density at radius 1 is 1.29 bits per heavy atom. The molecule has 0 heterocycles. The molecule has 0 bridgehead atoms. The first kappa shape index (κ1) is 12.1. The van der Waals surface area contributed by atoms with Crippen LogP contribution in [0.2, 0.25) is 0 Å². The van der Waals surface area contributed by atoms with Crippen molar-refractivity contribution >= 4 is 0 Å². The number of nitriles is 1. The third kappa shape index (κ3) is 3.57. The number of ether oxygens (including phenoxy) is 1. The van der Waals surface area contributed by atoms with Gasteiger partial charge in [-0.25, -0.2) is 0 Å². The molecule has 2 atom stereocenters. The van der Waals surface area contributed by atoms with Crippen molar-refractivity contribution < 1.29 is 4.74 Å². The highest BCUT2D eigenvalue weighted by Crippen LogP contribution is 2.26. The average molecular weight is 229 g/mol. The predicted octanol–water partition coefficient (Wildman–Crippen LogP) is 3.65. The van der Waals surface area contributed by atoms with Gasteiger partial charge in [0.1, 0.15) is 0 Å². The zero-order chi connectivity index (χ0) is 12.1. The van der Waals surface area contributed by atoms with E-state index in [0.29, 0.717) is 18.3 Å². The van der Waals surface area contributed by atoms with Crippen molar-refractivity contribution in [1.29, 1.82) is 5.26 Å². The molecule has 2 unspecified atom stereocenters. The second-order valence-electron chi connectivity index (χ2n) is 5.01. The predicted molar refractivity (Wildman–Crippen MR) is 67.4 cm³/mol. The van der Waals surface area contributed by atoms with E-state index in [1.807, 2.05) is 24.3 Å². The van der Waals surface area contributed by atoms with E-state index in [4.69, 9.17) is 10.00 Å². The lowest BCUT2D eigenvalue weighted by Crippen LogP contribution is -2.21. The summed E-state index contributed by atoms with van der Waals surface area (Å²) in [7, 11) is 0. The average Bonchev–Trinajstić information content (AvgIpc) is 2.37. The van der Waals surface area contributed by atoms with Crippen molar-refractivity contribution in [2.45, 2.75) is 45.3 Å². The van der Waals surface area contributed by atoms with Crippen LogP contribution >= 0.6 is 0 Å². The molecule has 0 aromatic heterocycles. The highest BCUT2D eigenvalue weighted by Gasteiger charge is 2.19. The molecule has 17 heavy (non-hydrogen) atoms. The summed E-state index contributed by atoms with van der Waals surface area (Å²) in [6.45, 7) is 2.97. The monoisotopic (exact) mass is 229 g/mol. The fourth-order valence-corrected chi connectivity index (χ4v) is 2.42. The summed E-state index contributed by atoms with van der Waals surface area (Å²) in [4.78, 5) is 0. The molecule has 0 aliphatic heterocycles. The van der Waals surface area contributed by atoms with Gasteiger partial charge in [-0.3, -0.25) is 0 Å². The molecule has 1 saturated carbocycles. The second kappa shape index (κ2) is 5.84. The third-order valence-electron chi connectivity index (χ3n) is 3.46. The number of rotatable bonds is 3. The number of benzene rings is 1. The zero-order valence-corrected chi connectivity index (χ0v) is 10.4. The van der Waals surface area contributed by atoms with Gasteiger partial charge in [-0.05, 0) is 36.5 Å². The Kier molecular flexibility index (Phi) is 4.17. The van der Waals surface area contributed by atoms with Crippen LogP contribution in [0.3, 0.4) is 0 Å². The number of hydrogen-bond acceptors (Lipinski definition) is 2. The van der Waals surface area contributed by atoms with E-state index < -0.39 is 0 Å². The summed E-state index contributed by atoms with van der Waals surface area (Å²) >= 11 is 0. The van der Waals surface area contributed by atoms with Crippen molar-refractivity contribution in [3.63, 3.8) is 0 Å². The summed E-state index contributed by atoms with van der Waals surface area (Å²) in [5.74, 6) is 0.801. The smallest absolute Gasteiger partial charge is 0.0991 e. The molecule has 2 rings (SSSR count). The number of nitrogens with zero attached hydrogens (tertiary/aromatic N) is 1. The molecule has 0 spiro atoms. The first-order valence-electron chi connectivity index (χ1n) is 6.38. The molecule has 90 valence electrons. The molecule has 0 saturated heterocycles. The largest absolute Gasteiger partial charge is 0.374 e. The second-order valence-corrected chi connectivity index (χ2v) is 5.01. The van der Waals surface area contributed by atoms with Crippen LogP contribution in [0.25, 0.3) is 0 Å². The lowest BCUT2D eigenvalue weighted by Gasteiger charge is -2.26. The van der Waals surface area contributed by atoms with Crippen LogP contribution in [0.1, 0.15) is 43.7 Å².